The average Bonchev–Trinajstić information content (AvgIpc) is 2.89. The summed E-state index contributed by atoms with van der Waals surface area (Å²) in [6.45, 7) is 0. The molecule has 0 atom stereocenters. The summed E-state index contributed by atoms with van der Waals surface area (Å²) in [5.41, 5.74) is 2.64. The highest BCUT2D eigenvalue weighted by atomic mass is 16.3. The lowest BCUT2D eigenvalue weighted by Crippen LogP contribution is -1.89. The Hall–Kier alpha value is -2.02. The van der Waals surface area contributed by atoms with Gasteiger partial charge in [0.2, 0.25) is 0 Å². The molecule has 0 aliphatic rings. The summed E-state index contributed by atoms with van der Waals surface area (Å²) in [6, 6.07) is 17.2. The molecule has 0 amide bonds. The van der Waals surface area contributed by atoms with E-state index in [1.807, 2.05) is 12.3 Å². The van der Waals surface area contributed by atoms with E-state index in [1.54, 1.807) is 6.26 Å². The molecule has 2 aromatic carbocycles. The van der Waals surface area contributed by atoms with E-state index in [4.69, 9.17) is 4.42 Å². The minimum Gasteiger partial charge on any atom is -0.472 e. The van der Waals surface area contributed by atoms with Crippen molar-refractivity contribution in [2.24, 2.45) is 0 Å². The van der Waals surface area contributed by atoms with Crippen molar-refractivity contribution in [3.63, 3.8) is 0 Å². The van der Waals surface area contributed by atoms with Gasteiger partial charge in [0.1, 0.15) is 0 Å². The monoisotopic (exact) mass is 222 g/mol. The van der Waals surface area contributed by atoms with Gasteiger partial charge in [-0.2, -0.15) is 0 Å². The van der Waals surface area contributed by atoms with Crippen LogP contribution in [0.1, 0.15) is 11.1 Å². The van der Waals surface area contributed by atoms with Crippen molar-refractivity contribution in [1.82, 2.24) is 0 Å². The molecule has 1 heteroatoms. The quantitative estimate of drug-likeness (QED) is 0.646. The Morgan fingerprint density at radius 1 is 0.765 bits per heavy atom. The summed E-state index contributed by atoms with van der Waals surface area (Å²) < 4.78 is 5.07. The lowest BCUT2D eigenvalue weighted by Gasteiger charge is -2.02. The SMILES string of the molecule is c1ccc2cc(CCc3ccoc3)ccc2c1. The molecule has 3 aromatic rings. The minimum atomic E-state index is 1.04. The maximum absolute atomic E-state index is 5.07. The zero-order chi connectivity index (χ0) is 11.5. The van der Waals surface area contributed by atoms with E-state index < -0.39 is 0 Å². The summed E-state index contributed by atoms with van der Waals surface area (Å²) in [6.07, 6.45) is 5.65. The summed E-state index contributed by atoms with van der Waals surface area (Å²) >= 11 is 0. The number of fused-ring (bicyclic) bond motifs is 1. The highest BCUT2D eigenvalue weighted by Gasteiger charge is 1.98. The molecule has 0 saturated carbocycles. The Balaban J connectivity index is 1.81. The van der Waals surface area contributed by atoms with Crippen molar-refractivity contribution in [2.75, 3.05) is 0 Å². The Labute approximate surface area is 101 Å². The van der Waals surface area contributed by atoms with Crippen molar-refractivity contribution >= 4 is 10.8 Å². The molecule has 84 valence electrons. The highest BCUT2D eigenvalue weighted by Crippen LogP contribution is 2.17. The van der Waals surface area contributed by atoms with Gasteiger partial charge in [-0.1, -0.05) is 42.5 Å². The van der Waals surface area contributed by atoms with Crippen molar-refractivity contribution in [3.8, 4) is 0 Å². The van der Waals surface area contributed by atoms with Gasteiger partial charge >= 0.3 is 0 Å². The predicted molar refractivity (Wildman–Crippen MR) is 70.1 cm³/mol. The summed E-state index contributed by atoms with van der Waals surface area (Å²) in [5.74, 6) is 0. The van der Waals surface area contributed by atoms with Gasteiger partial charge in [-0.05, 0) is 40.8 Å². The summed E-state index contributed by atoms with van der Waals surface area (Å²) in [4.78, 5) is 0. The Kier molecular flexibility index (Phi) is 2.66. The number of hydrogen-bond donors (Lipinski definition) is 0. The minimum absolute atomic E-state index is 1.04. The smallest absolute Gasteiger partial charge is 0.0934 e. The summed E-state index contributed by atoms with van der Waals surface area (Å²) in [7, 11) is 0. The van der Waals surface area contributed by atoms with Crippen LogP contribution in [-0.2, 0) is 12.8 Å². The second-order valence-corrected chi connectivity index (χ2v) is 4.31. The molecule has 0 radical (unpaired) electrons. The molecule has 0 N–H and O–H groups in total. The molecule has 0 spiro atoms. The Morgan fingerprint density at radius 2 is 1.59 bits per heavy atom. The fourth-order valence-corrected chi connectivity index (χ4v) is 2.12. The summed E-state index contributed by atoms with van der Waals surface area (Å²) in [5, 5.41) is 2.62. The van der Waals surface area contributed by atoms with Crippen LogP contribution in [0.3, 0.4) is 0 Å². The molecule has 3 rings (SSSR count). The van der Waals surface area contributed by atoms with Crippen molar-refractivity contribution < 1.29 is 4.42 Å². The molecule has 0 unspecified atom stereocenters. The first-order valence-corrected chi connectivity index (χ1v) is 5.90. The fraction of sp³-hybridized carbons (Fsp3) is 0.125. The van der Waals surface area contributed by atoms with E-state index in [1.165, 1.54) is 21.9 Å². The van der Waals surface area contributed by atoms with Crippen LogP contribution in [0.5, 0.6) is 0 Å². The lowest BCUT2D eigenvalue weighted by molar-refractivity contribution is 0.563. The molecule has 0 aliphatic heterocycles. The first-order chi connectivity index (χ1) is 8.42. The van der Waals surface area contributed by atoms with Crippen LogP contribution < -0.4 is 0 Å². The third-order valence-corrected chi connectivity index (χ3v) is 3.10. The van der Waals surface area contributed by atoms with Crippen LogP contribution in [-0.4, -0.2) is 0 Å². The normalized spacial score (nSPS) is 10.8. The average molecular weight is 222 g/mol. The molecule has 1 aromatic heterocycles. The van der Waals surface area contributed by atoms with Gasteiger partial charge in [-0.25, -0.2) is 0 Å². The van der Waals surface area contributed by atoms with Crippen LogP contribution in [0.25, 0.3) is 10.8 Å². The first-order valence-electron chi connectivity index (χ1n) is 5.90. The number of benzene rings is 2. The van der Waals surface area contributed by atoms with Crippen LogP contribution in [0, 0.1) is 0 Å². The van der Waals surface area contributed by atoms with Crippen LogP contribution in [0.4, 0.5) is 0 Å². The van der Waals surface area contributed by atoms with Gasteiger partial charge in [0.15, 0.2) is 0 Å². The number of hydrogen-bond acceptors (Lipinski definition) is 1. The van der Waals surface area contributed by atoms with Gasteiger partial charge in [0, 0.05) is 0 Å². The van der Waals surface area contributed by atoms with Crippen LogP contribution in [0.15, 0.2) is 65.5 Å². The van der Waals surface area contributed by atoms with E-state index in [9.17, 15) is 0 Å². The Morgan fingerprint density at radius 3 is 2.41 bits per heavy atom. The number of rotatable bonds is 3. The highest BCUT2D eigenvalue weighted by molar-refractivity contribution is 5.82. The lowest BCUT2D eigenvalue weighted by atomic mass is 10.0. The predicted octanol–water partition coefficient (Wildman–Crippen LogP) is 4.22. The van der Waals surface area contributed by atoms with Crippen molar-refractivity contribution in [2.45, 2.75) is 12.8 Å². The second-order valence-electron chi connectivity index (χ2n) is 4.31. The second kappa shape index (κ2) is 4.46. The third kappa shape index (κ3) is 2.23. The standard InChI is InChI=1S/C16H14O/c1-2-4-16-11-13(7-8-15(16)3-1)5-6-14-9-10-17-12-14/h1-4,7-12H,5-6H2. The first kappa shape index (κ1) is 10.2. The van der Waals surface area contributed by atoms with Crippen LogP contribution >= 0.6 is 0 Å². The number of furan rings is 1. The van der Waals surface area contributed by atoms with E-state index in [2.05, 4.69) is 42.5 Å². The molecule has 17 heavy (non-hydrogen) atoms. The maximum atomic E-state index is 5.07. The molecule has 0 saturated heterocycles. The molecule has 0 fully saturated rings. The van der Waals surface area contributed by atoms with E-state index in [0.29, 0.717) is 0 Å². The van der Waals surface area contributed by atoms with Gasteiger partial charge in [0.25, 0.3) is 0 Å². The molecular formula is C16H14O. The third-order valence-electron chi connectivity index (χ3n) is 3.10. The van der Waals surface area contributed by atoms with E-state index in [0.717, 1.165) is 12.8 Å². The Bertz CT molecular complexity index is 608. The number of aryl methyl sites for hydroxylation is 2. The molecule has 1 heterocycles. The zero-order valence-electron chi connectivity index (χ0n) is 9.60. The fourth-order valence-electron chi connectivity index (χ4n) is 2.12. The van der Waals surface area contributed by atoms with Crippen molar-refractivity contribution in [3.05, 3.63) is 72.2 Å². The zero-order valence-corrected chi connectivity index (χ0v) is 9.60. The van der Waals surface area contributed by atoms with Gasteiger partial charge in [-0.3, -0.25) is 0 Å². The molecule has 0 aliphatic carbocycles. The van der Waals surface area contributed by atoms with E-state index in [-0.39, 0.29) is 0 Å². The van der Waals surface area contributed by atoms with Gasteiger partial charge < -0.3 is 4.42 Å². The largest absolute Gasteiger partial charge is 0.472 e. The van der Waals surface area contributed by atoms with E-state index >= 15 is 0 Å². The van der Waals surface area contributed by atoms with Crippen molar-refractivity contribution in [1.29, 1.82) is 0 Å². The molecular weight excluding hydrogens is 208 g/mol. The molecule has 1 nitrogen and oxygen atoms in total. The van der Waals surface area contributed by atoms with Gasteiger partial charge in [-0.15, -0.1) is 0 Å². The maximum Gasteiger partial charge on any atom is 0.0934 e. The topological polar surface area (TPSA) is 13.1 Å². The van der Waals surface area contributed by atoms with Gasteiger partial charge in [0.05, 0.1) is 12.5 Å². The van der Waals surface area contributed by atoms with Crippen LogP contribution in [0.2, 0.25) is 0 Å². The molecule has 0 bridgehead atoms.